The number of nitriles is 1. The lowest BCUT2D eigenvalue weighted by atomic mass is 10.1. The Labute approximate surface area is 127 Å². The first-order valence-electron chi connectivity index (χ1n) is 6.88. The van der Waals surface area contributed by atoms with E-state index in [2.05, 4.69) is 16.4 Å². The summed E-state index contributed by atoms with van der Waals surface area (Å²) >= 11 is 0. The van der Waals surface area contributed by atoms with Gasteiger partial charge in [0.1, 0.15) is 11.3 Å². The molecule has 1 N–H and O–H groups in total. The van der Waals surface area contributed by atoms with E-state index < -0.39 is 0 Å². The molecule has 108 valence electrons. The van der Waals surface area contributed by atoms with Crippen molar-refractivity contribution in [3.05, 3.63) is 65.6 Å². The third-order valence-corrected chi connectivity index (χ3v) is 3.34. The van der Waals surface area contributed by atoms with Crippen molar-refractivity contribution in [2.75, 3.05) is 5.32 Å². The zero-order valence-corrected chi connectivity index (χ0v) is 12.1. The van der Waals surface area contributed by atoms with Crippen molar-refractivity contribution in [3.8, 4) is 6.07 Å². The summed E-state index contributed by atoms with van der Waals surface area (Å²) in [6.07, 6.45) is 3.94. The average molecular weight is 290 g/mol. The highest BCUT2D eigenvalue weighted by Gasteiger charge is 2.11. The summed E-state index contributed by atoms with van der Waals surface area (Å²) in [5.74, 6) is -0.255. The number of imidazole rings is 1. The number of anilines is 1. The molecule has 0 unspecified atom stereocenters. The largest absolute Gasteiger partial charge is 0.321 e. The Balaban J connectivity index is 1.79. The molecular weight excluding hydrogens is 276 g/mol. The van der Waals surface area contributed by atoms with Crippen molar-refractivity contribution < 1.29 is 4.79 Å². The van der Waals surface area contributed by atoms with Crippen molar-refractivity contribution in [2.45, 2.75) is 13.3 Å². The molecule has 0 radical (unpaired) electrons. The van der Waals surface area contributed by atoms with Gasteiger partial charge in [-0.15, -0.1) is 0 Å². The highest BCUT2D eigenvalue weighted by atomic mass is 16.1. The lowest BCUT2D eigenvalue weighted by Crippen LogP contribution is -2.12. The molecule has 1 amide bonds. The van der Waals surface area contributed by atoms with Crippen LogP contribution in [0.15, 0.2) is 48.8 Å². The van der Waals surface area contributed by atoms with Crippen LogP contribution in [0.25, 0.3) is 5.65 Å². The number of rotatable bonds is 3. The number of aromatic nitrogens is 2. The van der Waals surface area contributed by atoms with Crippen LogP contribution >= 0.6 is 0 Å². The van der Waals surface area contributed by atoms with Gasteiger partial charge in [0, 0.05) is 18.1 Å². The predicted molar refractivity (Wildman–Crippen MR) is 83.6 cm³/mol. The van der Waals surface area contributed by atoms with Crippen LogP contribution < -0.4 is 5.32 Å². The van der Waals surface area contributed by atoms with Crippen LogP contribution in [0.3, 0.4) is 0 Å². The molecule has 3 rings (SSSR count). The Morgan fingerprint density at radius 3 is 2.82 bits per heavy atom. The van der Waals surface area contributed by atoms with Crippen LogP contribution in [0.5, 0.6) is 0 Å². The molecule has 2 aromatic heterocycles. The third kappa shape index (κ3) is 2.81. The predicted octanol–water partition coefficient (Wildman–Crippen LogP) is 2.96. The Kier molecular flexibility index (Phi) is 3.58. The minimum Gasteiger partial charge on any atom is -0.321 e. The molecule has 0 saturated heterocycles. The van der Waals surface area contributed by atoms with Gasteiger partial charge < -0.3 is 9.72 Å². The summed E-state index contributed by atoms with van der Waals surface area (Å²) in [6.45, 7) is 1.98. The zero-order chi connectivity index (χ0) is 15.5. The van der Waals surface area contributed by atoms with Crippen molar-refractivity contribution >= 4 is 17.2 Å². The van der Waals surface area contributed by atoms with Crippen molar-refractivity contribution in [1.29, 1.82) is 5.26 Å². The Hall–Kier alpha value is -3.13. The summed E-state index contributed by atoms with van der Waals surface area (Å²) in [4.78, 5) is 16.6. The number of carbonyl (C=O) groups excluding carboxylic acids is 1. The van der Waals surface area contributed by atoms with E-state index in [1.807, 2.05) is 41.8 Å². The molecular formula is C17H14N4O. The quantitative estimate of drug-likeness (QED) is 0.806. The molecule has 0 fully saturated rings. The first-order valence-corrected chi connectivity index (χ1v) is 6.88. The molecule has 2 heterocycles. The Morgan fingerprint density at radius 1 is 1.32 bits per heavy atom. The molecule has 0 aliphatic rings. The van der Waals surface area contributed by atoms with E-state index in [0.29, 0.717) is 17.8 Å². The number of carbonyl (C=O) groups is 1. The fourth-order valence-electron chi connectivity index (χ4n) is 2.19. The van der Waals surface area contributed by atoms with Crippen LogP contribution in [0.1, 0.15) is 21.6 Å². The standard InChI is InChI=1S/C17H14N4O/c1-12-7-9-21-11-15(20-16(21)10-12)17(22)19-14-4-2-13(3-5-14)6-8-18/h2-5,7,9-11H,6H2,1H3,(H,19,22). The number of benzene rings is 1. The van der Waals surface area contributed by atoms with Crippen molar-refractivity contribution in [3.63, 3.8) is 0 Å². The molecule has 0 aliphatic carbocycles. The third-order valence-electron chi connectivity index (χ3n) is 3.34. The Morgan fingerprint density at radius 2 is 2.09 bits per heavy atom. The topological polar surface area (TPSA) is 70.2 Å². The molecule has 22 heavy (non-hydrogen) atoms. The molecule has 0 atom stereocenters. The monoisotopic (exact) mass is 290 g/mol. The fourth-order valence-corrected chi connectivity index (χ4v) is 2.19. The van der Waals surface area contributed by atoms with E-state index in [-0.39, 0.29) is 5.91 Å². The molecule has 5 heteroatoms. The van der Waals surface area contributed by atoms with Gasteiger partial charge in [-0.1, -0.05) is 12.1 Å². The number of fused-ring (bicyclic) bond motifs is 1. The summed E-state index contributed by atoms with van der Waals surface area (Å²) < 4.78 is 1.82. The normalized spacial score (nSPS) is 10.4. The maximum Gasteiger partial charge on any atom is 0.275 e. The first-order chi connectivity index (χ1) is 10.7. The van der Waals surface area contributed by atoms with Crippen LogP contribution in [0.2, 0.25) is 0 Å². The van der Waals surface area contributed by atoms with E-state index >= 15 is 0 Å². The van der Waals surface area contributed by atoms with Gasteiger partial charge in [-0.25, -0.2) is 4.98 Å². The van der Waals surface area contributed by atoms with Gasteiger partial charge in [0.15, 0.2) is 0 Å². The van der Waals surface area contributed by atoms with Crippen molar-refractivity contribution in [1.82, 2.24) is 9.38 Å². The molecule has 0 saturated carbocycles. The van der Waals surface area contributed by atoms with Gasteiger partial charge >= 0.3 is 0 Å². The van der Waals surface area contributed by atoms with E-state index in [9.17, 15) is 4.79 Å². The Bertz CT molecular complexity index is 872. The van der Waals surface area contributed by atoms with Crippen LogP contribution in [-0.4, -0.2) is 15.3 Å². The van der Waals surface area contributed by atoms with Gasteiger partial charge in [0.2, 0.25) is 0 Å². The summed E-state index contributed by atoms with van der Waals surface area (Å²) in [7, 11) is 0. The number of amides is 1. The molecule has 0 aliphatic heterocycles. The molecule has 0 spiro atoms. The lowest BCUT2D eigenvalue weighted by Gasteiger charge is -2.03. The molecule has 0 bridgehead atoms. The zero-order valence-electron chi connectivity index (χ0n) is 12.1. The van der Waals surface area contributed by atoms with Crippen LogP contribution in [0.4, 0.5) is 5.69 Å². The fraction of sp³-hybridized carbons (Fsp3) is 0.118. The number of hydrogen-bond donors (Lipinski definition) is 1. The van der Waals surface area contributed by atoms with Crippen LogP contribution in [-0.2, 0) is 6.42 Å². The number of pyridine rings is 1. The van der Waals surface area contributed by atoms with Crippen molar-refractivity contribution in [2.24, 2.45) is 0 Å². The number of hydrogen-bond acceptors (Lipinski definition) is 3. The van der Waals surface area contributed by atoms with Gasteiger partial charge in [0.05, 0.1) is 12.5 Å². The van der Waals surface area contributed by atoms with Gasteiger partial charge in [0.25, 0.3) is 5.91 Å². The highest BCUT2D eigenvalue weighted by Crippen LogP contribution is 2.13. The minimum absolute atomic E-state index is 0.255. The summed E-state index contributed by atoms with van der Waals surface area (Å²) in [6, 6.07) is 13.2. The second-order valence-corrected chi connectivity index (χ2v) is 5.08. The average Bonchev–Trinajstić information content (AvgIpc) is 2.92. The smallest absolute Gasteiger partial charge is 0.275 e. The number of nitrogens with zero attached hydrogens (tertiary/aromatic N) is 3. The maximum absolute atomic E-state index is 12.2. The van der Waals surface area contributed by atoms with Crippen LogP contribution in [0, 0.1) is 18.3 Å². The minimum atomic E-state index is -0.255. The first kappa shape index (κ1) is 13.8. The van der Waals surface area contributed by atoms with E-state index in [0.717, 1.165) is 16.8 Å². The molecule has 5 nitrogen and oxygen atoms in total. The van der Waals surface area contributed by atoms with Gasteiger partial charge in [-0.3, -0.25) is 4.79 Å². The number of nitrogens with one attached hydrogen (secondary N) is 1. The molecule has 1 aromatic carbocycles. The van der Waals surface area contributed by atoms with Gasteiger partial charge in [-0.05, 0) is 42.3 Å². The lowest BCUT2D eigenvalue weighted by molar-refractivity contribution is 0.102. The summed E-state index contributed by atoms with van der Waals surface area (Å²) in [5, 5.41) is 11.4. The molecule has 3 aromatic rings. The second kappa shape index (κ2) is 5.70. The van der Waals surface area contributed by atoms with Gasteiger partial charge in [-0.2, -0.15) is 5.26 Å². The van der Waals surface area contributed by atoms with E-state index in [4.69, 9.17) is 5.26 Å². The second-order valence-electron chi connectivity index (χ2n) is 5.08. The SMILES string of the molecule is Cc1ccn2cc(C(=O)Nc3ccc(CC#N)cc3)nc2c1. The highest BCUT2D eigenvalue weighted by molar-refractivity contribution is 6.03. The van der Waals surface area contributed by atoms with E-state index in [1.54, 1.807) is 18.3 Å². The summed E-state index contributed by atoms with van der Waals surface area (Å²) in [5.41, 5.74) is 3.81. The number of aryl methyl sites for hydroxylation is 1. The van der Waals surface area contributed by atoms with E-state index in [1.165, 1.54) is 0 Å². The maximum atomic E-state index is 12.2.